The van der Waals surface area contributed by atoms with Gasteiger partial charge in [-0.1, -0.05) is 6.07 Å². The van der Waals surface area contributed by atoms with E-state index in [4.69, 9.17) is 4.74 Å². The molecule has 6 heteroatoms. The van der Waals surface area contributed by atoms with Gasteiger partial charge in [-0.15, -0.1) is 0 Å². The number of hydrogen-bond donors (Lipinski definition) is 1. The standard InChI is InChI=1S/C18H20N2O3S/c1-12(7-13-5-6-24-11-13)19-17(21)18(22)20-9-14-3-4-16(23-2)8-15(14)10-20/h3-6,8,11-12H,7,9-10H2,1-2H3,(H,19,21)/t12-/m0/s1. The van der Waals surface area contributed by atoms with Crippen LogP contribution in [-0.2, 0) is 29.1 Å². The van der Waals surface area contributed by atoms with Crippen LogP contribution in [0.15, 0.2) is 35.0 Å². The first kappa shape index (κ1) is 16.5. The van der Waals surface area contributed by atoms with Crippen LogP contribution in [0.2, 0.25) is 0 Å². The molecule has 0 bridgehead atoms. The monoisotopic (exact) mass is 344 g/mol. The number of carbonyl (C=O) groups excluding carboxylic acids is 2. The van der Waals surface area contributed by atoms with Gasteiger partial charge in [0, 0.05) is 19.1 Å². The Labute approximate surface area is 145 Å². The summed E-state index contributed by atoms with van der Waals surface area (Å²) in [6.45, 7) is 2.81. The van der Waals surface area contributed by atoms with Crippen molar-refractivity contribution in [2.45, 2.75) is 32.5 Å². The third-order valence-electron chi connectivity index (χ3n) is 4.12. The molecule has 24 heavy (non-hydrogen) atoms. The van der Waals surface area contributed by atoms with Gasteiger partial charge < -0.3 is 15.0 Å². The van der Waals surface area contributed by atoms with Crippen LogP contribution in [0.4, 0.5) is 0 Å². The Hall–Kier alpha value is -2.34. The fourth-order valence-electron chi connectivity index (χ4n) is 2.88. The number of carbonyl (C=O) groups is 2. The number of methoxy groups -OCH3 is 1. The number of ether oxygens (including phenoxy) is 1. The molecule has 1 aromatic heterocycles. The summed E-state index contributed by atoms with van der Waals surface area (Å²) >= 11 is 1.62. The summed E-state index contributed by atoms with van der Waals surface area (Å²) in [6, 6.07) is 7.68. The summed E-state index contributed by atoms with van der Waals surface area (Å²) in [4.78, 5) is 26.2. The number of benzene rings is 1. The van der Waals surface area contributed by atoms with E-state index in [9.17, 15) is 9.59 Å². The van der Waals surface area contributed by atoms with Crippen LogP contribution in [-0.4, -0.2) is 29.9 Å². The van der Waals surface area contributed by atoms with Crippen LogP contribution in [0.3, 0.4) is 0 Å². The maximum atomic E-state index is 12.4. The summed E-state index contributed by atoms with van der Waals surface area (Å²) in [5.41, 5.74) is 3.26. The molecule has 2 heterocycles. The number of hydrogen-bond acceptors (Lipinski definition) is 4. The van der Waals surface area contributed by atoms with Crippen molar-refractivity contribution in [2.24, 2.45) is 0 Å². The largest absolute Gasteiger partial charge is 0.497 e. The Morgan fingerprint density at radius 1 is 1.29 bits per heavy atom. The SMILES string of the molecule is COc1ccc2c(c1)CN(C(=O)C(=O)N[C@@H](C)Cc1ccsc1)C2. The highest BCUT2D eigenvalue weighted by Crippen LogP contribution is 2.26. The van der Waals surface area contributed by atoms with Crippen molar-refractivity contribution in [1.82, 2.24) is 10.2 Å². The molecule has 5 nitrogen and oxygen atoms in total. The van der Waals surface area contributed by atoms with Gasteiger partial charge in [0.15, 0.2) is 0 Å². The van der Waals surface area contributed by atoms with Crippen LogP contribution < -0.4 is 10.1 Å². The zero-order chi connectivity index (χ0) is 17.1. The van der Waals surface area contributed by atoms with Crippen LogP contribution in [0, 0.1) is 0 Å². The molecule has 1 atom stereocenters. The van der Waals surface area contributed by atoms with E-state index in [1.54, 1.807) is 23.3 Å². The van der Waals surface area contributed by atoms with Crippen LogP contribution in [0.5, 0.6) is 5.75 Å². The fraction of sp³-hybridized carbons (Fsp3) is 0.333. The van der Waals surface area contributed by atoms with Gasteiger partial charge in [0.05, 0.1) is 7.11 Å². The van der Waals surface area contributed by atoms with E-state index in [1.807, 2.05) is 36.6 Å². The third kappa shape index (κ3) is 3.59. The van der Waals surface area contributed by atoms with Crippen molar-refractivity contribution in [1.29, 1.82) is 0 Å². The molecule has 3 rings (SSSR count). The molecule has 0 aliphatic carbocycles. The first-order valence-corrected chi connectivity index (χ1v) is 8.77. The van der Waals surface area contributed by atoms with Gasteiger partial charge in [-0.3, -0.25) is 9.59 Å². The van der Waals surface area contributed by atoms with Crippen LogP contribution in [0.1, 0.15) is 23.6 Å². The second-order valence-electron chi connectivity index (χ2n) is 6.01. The predicted octanol–water partition coefficient (Wildman–Crippen LogP) is 2.35. The van der Waals surface area contributed by atoms with E-state index < -0.39 is 11.8 Å². The van der Waals surface area contributed by atoms with Gasteiger partial charge >= 0.3 is 11.8 Å². The summed E-state index contributed by atoms with van der Waals surface area (Å²) < 4.78 is 5.20. The average Bonchev–Trinajstić information content (AvgIpc) is 3.22. The number of nitrogens with one attached hydrogen (secondary N) is 1. The van der Waals surface area contributed by atoms with Gasteiger partial charge in [-0.25, -0.2) is 0 Å². The topological polar surface area (TPSA) is 58.6 Å². The minimum atomic E-state index is -0.544. The Kier molecular flexibility index (Phi) is 4.85. The molecule has 0 spiro atoms. The zero-order valence-corrected chi connectivity index (χ0v) is 14.6. The minimum absolute atomic E-state index is 0.0823. The van der Waals surface area contributed by atoms with E-state index in [1.165, 1.54) is 5.56 Å². The number of fused-ring (bicyclic) bond motifs is 1. The molecule has 0 fully saturated rings. The minimum Gasteiger partial charge on any atom is -0.497 e. The molecular weight excluding hydrogens is 324 g/mol. The molecule has 2 aromatic rings. The second kappa shape index (κ2) is 7.05. The normalized spacial score (nSPS) is 14.2. The van der Waals surface area contributed by atoms with Crippen molar-refractivity contribution in [2.75, 3.05) is 7.11 Å². The highest BCUT2D eigenvalue weighted by molar-refractivity contribution is 7.07. The third-order valence-corrected chi connectivity index (χ3v) is 4.85. The Bertz CT molecular complexity index is 743. The first-order chi connectivity index (χ1) is 11.6. The fourth-order valence-corrected chi connectivity index (χ4v) is 3.57. The molecule has 1 N–H and O–H groups in total. The van der Waals surface area contributed by atoms with E-state index in [-0.39, 0.29) is 6.04 Å². The molecule has 0 unspecified atom stereocenters. The molecular formula is C18H20N2O3S. The maximum Gasteiger partial charge on any atom is 0.312 e. The van der Waals surface area contributed by atoms with Crippen molar-refractivity contribution >= 4 is 23.2 Å². The summed E-state index contributed by atoms with van der Waals surface area (Å²) in [6.07, 6.45) is 0.722. The summed E-state index contributed by atoms with van der Waals surface area (Å²) in [7, 11) is 1.61. The van der Waals surface area contributed by atoms with Crippen LogP contribution in [0.25, 0.3) is 0 Å². The smallest absolute Gasteiger partial charge is 0.312 e. The Morgan fingerprint density at radius 2 is 2.08 bits per heavy atom. The highest BCUT2D eigenvalue weighted by atomic mass is 32.1. The predicted molar refractivity (Wildman–Crippen MR) is 92.9 cm³/mol. The molecule has 0 saturated carbocycles. The molecule has 1 aliphatic heterocycles. The molecule has 0 saturated heterocycles. The summed E-state index contributed by atoms with van der Waals surface area (Å²) in [5, 5.41) is 6.85. The lowest BCUT2D eigenvalue weighted by molar-refractivity contribution is -0.146. The lowest BCUT2D eigenvalue weighted by Gasteiger charge is -2.17. The number of thiophene rings is 1. The average molecular weight is 344 g/mol. The van der Waals surface area contributed by atoms with E-state index in [2.05, 4.69) is 10.7 Å². The molecule has 0 radical (unpaired) electrons. The zero-order valence-electron chi connectivity index (χ0n) is 13.7. The molecule has 1 aromatic carbocycles. The number of nitrogens with zero attached hydrogens (tertiary/aromatic N) is 1. The van der Waals surface area contributed by atoms with Crippen molar-refractivity contribution in [3.63, 3.8) is 0 Å². The van der Waals surface area contributed by atoms with Crippen molar-refractivity contribution < 1.29 is 14.3 Å². The maximum absolute atomic E-state index is 12.4. The van der Waals surface area contributed by atoms with Gasteiger partial charge in [0.2, 0.25) is 0 Å². The van der Waals surface area contributed by atoms with Crippen molar-refractivity contribution in [3.05, 3.63) is 51.7 Å². The Balaban J connectivity index is 1.57. The first-order valence-electron chi connectivity index (χ1n) is 7.83. The second-order valence-corrected chi connectivity index (χ2v) is 6.79. The van der Waals surface area contributed by atoms with Crippen molar-refractivity contribution in [3.8, 4) is 5.75 Å². The summed E-state index contributed by atoms with van der Waals surface area (Å²) in [5.74, 6) is -0.267. The van der Waals surface area contributed by atoms with Gasteiger partial charge in [-0.05, 0) is 59.0 Å². The quantitative estimate of drug-likeness (QED) is 0.866. The lowest BCUT2D eigenvalue weighted by Crippen LogP contribution is -2.44. The van der Waals surface area contributed by atoms with E-state index in [0.717, 1.165) is 23.3 Å². The number of amides is 2. The molecule has 1 aliphatic rings. The highest BCUT2D eigenvalue weighted by Gasteiger charge is 2.28. The molecule has 126 valence electrons. The lowest BCUT2D eigenvalue weighted by atomic mass is 10.1. The van der Waals surface area contributed by atoms with Gasteiger partial charge in [0.1, 0.15) is 5.75 Å². The van der Waals surface area contributed by atoms with E-state index in [0.29, 0.717) is 13.1 Å². The Morgan fingerprint density at radius 3 is 2.79 bits per heavy atom. The number of rotatable bonds is 4. The van der Waals surface area contributed by atoms with Gasteiger partial charge in [0.25, 0.3) is 0 Å². The van der Waals surface area contributed by atoms with E-state index >= 15 is 0 Å². The van der Waals surface area contributed by atoms with Crippen LogP contribution >= 0.6 is 11.3 Å². The van der Waals surface area contributed by atoms with Gasteiger partial charge in [-0.2, -0.15) is 11.3 Å². The molecule has 2 amide bonds.